The summed E-state index contributed by atoms with van der Waals surface area (Å²) in [5, 5.41) is 4.03. The molecule has 0 bridgehead atoms. The Morgan fingerprint density at radius 2 is 1.79 bits per heavy atom. The summed E-state index contributed by atoms with van der Waals surface area (Å²) in [5.41, 5.74) is 3.87. The lowest BCUT2D eigenvalue weighted by Crippen LogP contribution is -2.50. The molecule has 1 fully saturated rings. The van der Waals surface area contributed by atoms with E-state index in [4.69, 9.17) is 4.74 Å². The van der Waals surface area contributed by atoms with Crippen molar-refractivity contribution >= 4 is 34.4 Å². The second kappa shape index (κ2) is 9.27. The minimum absolute atomic E-state index is 0.0892. The number of ether oxygens (including phenoxy) is 1. The van der Waals surface area contributed by atoms with Gasteiger partial charge in [0.25, 0.3) is 0 Å². The van der Waals surface area contributed by atoms with E-state index in [1.54, 1.807) is 18.5 Å². The van der Waals surface area contributed by atoms with Crippen LogP contribution in [-0.4, -0.2) is 52.1 Å². The van der Waals surface area contributed by atoms with Gasteiger partial charge in [-0.1, -0.05) is 18.7 Å². The number of benzene rings is 2. The lowest BCUT2D eigenvalue weighted by Gasteiger charge is -2.36. The Kier molecular flexibility index (Phi) is 5.86. The van der Waals surface area contributed by atoms with Gasteiger partial charge in [0.15, 0.2) is 5.75 Å². The highest BCUT2D eigenvalue weighted by Gasteiger charge is 2.22. The summed E-state index contributed by atoms with van der Waals surface area (Å²) in [5.74, 6) is 2.04. The Morgan fingerprint density at radius 1 is 1.06 bits per heavy atom. The third-order valence-corrected chi connectivity index (χ3v) is 5.94. The number of aromatic nitrogens is 3. The standard InChI is InChI=1S/C26H26N6O2/c1-3-19-4-9-24-23(14-19)25(17-29-24)30-26(33)32-12-10-31(11-13-32)20-5-7-21(8-6-20)34-22-15-27-18(2)28-16-22/h3-9,14-17,29H,1,10-13H2,2H3,(H,30,33). The summed E-state index contributed by atoms with van der Waals surface area (Å²) in [4.78, 5) is 28.5. The van der Waals surface area contributed by atoms with Crippen LogP contribution in [0.3, 0.4) is 0 Å². The molecule has 0 aliphatic carbocycles. The van der Waals surface area contributed by atoms with Crippen molar-refractivity contribution < 1.29 is 9.53 Å². The molecule has 0 unspecified atom stereocenters. The molecule has 8 nitrogen and oxygen atoms in total. The van der Waals surface area contributed by atoms with E-state index in [1.165, 1.54) is 0 Å². The summed E-state index contributed by atoms with van der Waals surface area (Å²) in [7, 11) is 0. The van der Waals surface area contributed by atoms with Crippen molar-refractivity contribution in [2.24, 2.45) is 0 Å². The number of fused-ring (bicyclic) bond motifs is 1. The maximum atomic E-state index is 12.9. The van der Waals surface area contributed by atoms with Crippen molar-refractivity contribution in [1.82, 2.24) is 19.9 Å². The van der Waals surface area contributed by atoms with Gasteiger partial charge in [0.05, 0.1) is 18.1 Å². The number of carbonyl (C=O) groups is 1. The molecule has 0 saturated carbocycles. The van der Waals surface area contributed by atoms with Gasteiger partial charge in [-0.15, -0.1) is 0 Å². The molecule has 0 spiro atoms. The van der Waals surface area contributed by atoms with E-state index < -0.39 is 0 Å². The van der Waals surface area contributed by atoms with E-state index >= 15 is 0 Å². The van der Waals surface area contributed by atoms with Crippen molar-refractivity contribution in [3.05, 3.63) is 79.0 Å². The first kappa shape index (κ1) is 21.5. The van der Waals surface area contributed by atoms with Crippen LogP contribution in [0.5, 0.6) is 11.5 Å². The molecule has 8 heteroatoms. The number of urea groups is 1. The number of aromatic amines is 1. The monoisotopic (exact) mass is 454 g/mol. The first-order chi connectivity index (χ1) is 16.6. The molecule has 4 aromatic rings. The third-order valence-electron chi connectivity index (χ3n) is 5.94. The minimum Gasteiger partial charge on any atom is -0.454 e. The number of nitrogens with zero attached hydrogens (tertiary/aromatic N) is 4. The van der Waals surface area contributed by atoms with Gasteiger partial charge >= 0.3 is 6.03 Å². The first-order valence-electron chi connectivity index (χ1n) is 11.2. The van der Waals surface area contributed by atoms with Crippen LogP contribution in [0.15, 0.2) is 67.6 Å². The van der Waals surface area contributed by atoms with E-state index in [0.717, 1.165) is 46.7 Å². The minimum atomic E-state index is -0.0892. The van der Waals surface area contributed by atoms with Gasteiger partial charge in [-0.2, -0.15) is 0 Å². The van der Waals surface area contributed by atoms with Crippen LogP contribution in [0, 0.1) is 6.92 Å². The summed E-state index contributed by atoms with van der Waals surface area (Å²) in [6.45, 7) is 8.46. The fourth-order valence-corrected chi connectivity index (χ4v) is 4.03. The molecule has 2 aromatic carbocycles. The fraction of sp³-hybridized carbons (Fsp3) is 0.192. The van der Waals surface area contributed by atoms with Gasteiger partial charge in [0, 0.05) is 49.0 Å². The van der Waals surface area contributed by atoms with Crippen LogP contribution < -0.4 is 15.0 Å². The van der Waals surface area contributed by atoms with Crippen LogP contribution >= 0.6 is 0 Å². The van der Waals surface area contributed by atoms with Gasteiger partial charge < -0.3 is 24.8 Å². The quantitative estimate of drug-likeness (QED) is 0.440. The van der Waals surface area contributed by atoms with Crippen molar-refractivity contribution in [2.75, 3.05) is 36.4 Å². The van der Waals surface area contributed by atoms with Crippen LogP contribution in [0.4, 0.5) is 16.2 Å². The van der Waals surface area contributed by atoms with E-state index in [2.05, 4.69) is 31.7 Å². The zero-order valence-corrected chi connectivity index (χ0v) is 19.0. The summed E-state index contributed by atoms with van der Waals surface area (Å²) in [6.07, 6.45) is 6.95. The predicted octanol–water partition coefficient (Wildman–Crippen LogP) is 5.06. The van der Waals surface area contributed by atoms with Crippen molar-refractivity contribution in [3.63, 3.8) is 0 Å². The normalized spacial score (nSPS) is 13.7. The number of hydrogen-bond donors (Lipinski definition) is 2. The maximum Gasteiger partial charge on any atom is 0.322 e. The number of amides is 2. The average Bonchev–Trinajstić information content (AvgIpc) is 3.27. The van der Waals surface area contributed by atoms with E-state index in [0.29, 0.717) is 24.7 Å². The van der Waals surface area contributed by atoms with E-state index in [9.17, 15) is 4.79 Å². The molecule has 1 aliphatic rings. The Hall–Kier alpha value is -4.33. The van der Waals surface area contributed by atoms with Crippen molar-refractivity contribution in [1.29, 1.82) is 0 Å². The first-order valence-corrected chi connectivity index (χ1v) is 11.2. The van der Waals surface area contributed by atoms with Crippen LogP contribution in [0.25, 0.3) is 17.0 Å². The van der Waals surface area contributed by atoms with Gasteiger partial charge in [0.1, 0.15) is 11.6 Å². The van der Waals surface area contributed by atoms with Crippen molar-refractivity contribution in [2.45, 2.75) is 6.92 Å². The molecule has 3 heterocycles. The zero-order valence-electron chi connectivity index (χ0n) is 19.0. The highest BCUT2D eigenvalue weighted by molar-refractivity contribution is 6.01. The highest BCUT2D eigenvalue weighted by Crippen LogP contribution is 2.26. The number of piperazine rings is 1. The number of carbonyl (C=O) groups excluding carboxylic acids is 1. The summed E-state index contributed by atoms with van der Waals surface area (Å²) < 4.78 is 5.81. The average molecular weight is 455 g/mol. The molecule has 1 saturated heterocycles. The van der Waals surface area contributed by atoms with E-state index in [-0.39, 0.29) is 6.03 Å². The van der Waals surface area contributed by atoms with Gasteiger partial charge in [-0.25, -0.2) is 14.8 Å². The number of H-pyrrole nitrogens is 1. The van der Waals surface area contributed by atoms with Crippen molar-refractivity contribution in [3.8, 4) is 11.5 Å². The van der Waals surface area contributed by atoms with Gasteiger partial charge in [-0.05, 0) is 48.9 Å². The molecule has 2 aromatic heterocycles. The maximum absolute atomic E-state index is 12.9. The molecule has 0 radical (unpaired) electrons. The number of nitrogens with one attached hydrogen (secondary N) is 2. The lowest BCUT2D eigenvalue weighted by atomic mass is 10.1. The van der Waals surface area contributed by atoms with Gasteiger partial charge in [-0.3, -0.25) is 0 Å². The summed E-state index contributed by atoms with van der Waals surface area (Å²) >= 11 is 0. The molecule has 0 atom stereocenters. The van der Waals surface area contributed by atoms with Crippen LogP contribution in [0.2, 0.25) is 0 Å². The Labute approximate surface area is 197 Å². The SMILES string of the molecule is C=Cc1ccc2[nH]cc(NC(=O)N3CCN(c4ccc(Oc5cnc(C)nc5)cc4)CC3)c2c1. The summed E-state index contributed by atoms with van der Waals surface area (Å²) in [6, 6.07) is 13.8. The molecule has 5 rings (SSSR count). The topological polar surface area (TPSA) is 86.4 Å². The Morgan fingerprint density at radius 3 is 2.50 bits per heavy atom. The predicted molar refractivity (Wildman–Crippen MR) is 134 cm³/mol. The molecule has 2 N–H and O–H groups in total. The third kappa shape index (κ3) is 4.56. The molecule has 1 aliphatic heterocycles. The number of hydrogen-bond acceptors (Lipinski definition) is 5. The largest absolute Gasteiger partial charge is 0.454 e. The number of anilines is 2. The van der Waals surface area contributed by atoms with E-state index in [1.807, 2.05) is 60.5 Å². The zero-order chi connectivity index (χ0) is 23.5. The second-order valence-electron chi connectivity index (χ2n) is 8.18. The van der Waals surface area contributed by atoms with Gasteiger partial charge in [0.2, 0.25) is 0 Å². The molecule has 2 amide bonds. The number of aryl methyl sites for hydroxylation is 1. The fourth-order valence-electron chi connectivity index (χ4n) is 4.03. The number of rotatable bonds is 5. The Balaban J connectivity index is 1.17. The van der Waals surface area contributed by atoms with Crippen LogP contribution in [-0.2, 0) is 0 Å². The lowest BCUT2D eigenvalue weighted by molar-refractivity contribution is 0.208. The second-order valence-corrected chi connectivity index (χ2v) is 8.18. The molecule has 172 valence electrons. The Bertz CT molecular complexity index is 1310. The highest BCUT2D eigenvalue weighted by atomic mass is 16.5. The molecular weight excluding hydrogens is 428 g/mol. The molecular formula is C26H26N6O2. The van der Waals surface area contributed by atoms with Crippen LogP contribution in [0.1, 0.15) is 11.4 Å². The molecule has 34 heavy (non-hydrogen) atoms. The smallest absolute Gasteiger partial charge is 0.322 e.